The summed E-state index contributed by atoms with van der Waals surface area (Å²) >= 11 is 12.0. The number of benzene rings is 2. The molecule has 0 bridgehead atoms. The van der Waals surface area contributed by atoms with E-state index in [2.05, 4.69) is 0 Å². The number of nitrogens with zero attached hydrogens (tertiary/aromatic N) is 2. The van der Waals surface area contributed by atoms with Crippen molar-refractivity contribution in [1.29, 1.82) is 0 Å². The fourth-order valence-electron chi connectivity index (χ4n) is 2.98. The number of rotatable bonds is 5. The maximum atomic E-state index is 13.0. The zero-order chi connectivity index (χ0) is 20.3. The first-order valence-corrected chi connectivity index (χ1v) is 10.9. The number of carbonyl (C=O) groups is 1. The van der Waals surface area contributed by atoms with E-state index in [1.165, 1.54) is 21.3 Å². The van der Waals surface area contributed by atoms with Crippen LogP contribution >= 0.6 is 23.2 Å². The van der Waals surface area contributed by atoms with Crippen LogP contribution in [0.25, 0.3) is 0 Å². The molecule has 0 radical (unpaired) electrons. The fourth-order valence-corrected chi connectivity index (χ4v) is 4.90. The minimum atomic E-state index is -3.79. The molecule has 2 aromatic carbocycles. The summed E-state index contributed by atoms with van der Waals surface area (Å²) in [5, 5.41) is 0.830. The molecule has 150 valence electrons. The Morgan fingerprint density at radius 2 is 1.79 bits per heavy atom. The highest BCUT2D eigenvalue weighted by Gasteiger charge is 2.30. The van der Waals surface area contributed by atoms with Gasteiger partial charge in [0.1, 0.15) is 0 Å². The van der Waals surface area contributed by atoms with Crippen molar-refractivity contribution in [2.75, 3.05) is 33.4 Å². The average molecular weight is 443 g/mol. The average Bonchev–Trinajstić information content (AvgIpc) is 2.71. The molecule has 1 fully saturated rings. The molecule has 0 atom stereocenters. The maximum Gasteiger partial charge on any atom is 0.255 e. The third kappa shape index (κ3) is 4.50. The Hall–Kier alpha value is -1.64. The van der Waals surface area contributed by atoms with Gasteiger partial charge in [-0.15, -0.1) is 0 Å². The number of morpholine rings is 1. The number of amides is 1. The first-order chi connectivity index (χ1) is 13.3. The number of hydrogen-bond acceptors (Lipinski definition) is 4. The molecule has 0 spiro atoms. The van der Waals surface area contributed by atoms with Crippen molar-refractivity contribution < 1.29 is 17.9 Å². The van der Waals surface area contributed by atoms with Gasteiger partial charge in [0, 0.05) is 26.7 Å². The number of hydrogen-bond donors (Lipinski definition) is 0. The second-order valence-corrected chi connectivity index (χ2v) is 9.14. The molecular formula is C19H20Cl2N2O4S. The van der Waals surface area contributed by atoms with Gasteiger partial charge in [-0.05, 0) is 29.8 Å². The Labute approximate surface area is 174 Å². The zero-order valence-electron chi connectivity index (χ0n) is 15.3. The van der Waals surface area contributed by atoms with Crippen LogP contribution in [0, 0.1) is 0 Å². The summed E-state index contributed by atoms with van der Waals surface area (Å²) in [5.74, 6) is -0.390. The first kappa shape index (κ1) is 21.1. The van der Waals surface area contributed by atoms with E-state index in [9.17, 15) is 13.2 Å². The lowest BCUT2D eigenvalue weighted by Gasteiger charge is -2.27. The molecule has 3 rings (SSSR count). The van der Waals surface area contributed by atoms with Crippen molar-refractivity contribution in [3.8, 4) is 0 Å². The summed E-state index contributed by atoms with van der Waals surface area (Å²) in [6.45, 7) is 1.48. The molecule has 0 N–H and O–H groups in total. The molecule has 1 saturated heterocycles. The molecule has 0 unspecified atom stereocenters. The molecule has 1 amide bonds. The van der Waals surface area contributed by atoms with Crippen LogP contribution < -0.4 is 0 Å². The van der Waals surface area contributed by atoms with Gasteiger partial charge >= 0.3 is 0 Å². The monoisotopic (exact) mass is 442 g/mol. The van der Waals surface area contributed by atoms with Gasteiger partial charge < -0.3 is 9.64 Å². The van der Waals surface area contributed by atoms with Crippen LogP contribution in [0.5, 0.6) is 0 Å². The number of ether oxygens (including phenoxy) is 1. The van der Waals surface area contributed by atoms with Gasteiger partial charge in [0.05, 0.1) is 33.7 Å². The van der Waals surface area contributed by atoms with E-state index in [1.807, 2.05) is 0 Å². The van der Waals surface area contributed by atoms with Crippen LogP contribution in [0.4, 0.5) is 0 Å². The molecule has 1 heterocycles. The normalized spacial score (nSPS) is 15.4. The zero-order valence-corrected chi connectivity index (χ0v) is 17.6. The van der Waals surface area contributed by atoms with Crippen molar-refractivity contribution >= 4 is 39.1 Å². The van der Waals surface area contributed by atoms with Gasteiger partial charge in [0.15, 0.2) is 0 Å². The van der Waals surface area contributed by atoms with E-state index >= 15 is 0 Å². The van der Waals surface area contributed by atoms with Crippen LogP contribution in [-0.2, 0) is 21.3 Å². The Kier molecular flexibility index (Phi) is 6.62. The Morgan fingerprint density at radius 1 is 1.11 bits per heavy atom. The van der Waals surface area contributed by atoms with Crippen LogP contribution in [0.1, 0.15) is 15.9 Å². The summed E-state index contributed by atoms with van der Waals surface area (Å²) in [6, 6.07) is 11.4. The van der Waals surface area contributed by atoms with Gasteiger partial charge in [-0.1, -0.05) is 41.4 Å². The van der Waals surface area contributed by atoms with E-state index < -0.39 is 15.9 Å². The minimum Gasteiger partial charge on any atom is -0.379 e. The van der Waals surface area contributed by atoms with Gasteiger partial charge in [0.2, 0.25) is 10.0 Å². The summed E-state index contributed by atoms with van der Waals surface area (Å²) < 4.78 is 32.7. The third-order valence-corrected chi connectivity index (χ3v) is 7.15. The molecule has 0 aliphatic carbocycles. The maximum absolute atomic E-state index is 13.0. The molecule has 2 aromatic rings. The lowest BCUT2D eigenvalue weighted by molar-refractivity contribution is 0.0727. The highest BCUT2D eigenvalue weighted by Crippen LogP contribution is 2.25. The van der Waals surface area contributed by atoms with Crippen molar-refractivity contribution in [2.24, 2.45) is 0 Å². The predicted molar refractivity (Wildman–Crippen MR) is 108 cm³/mol. The van der Waals surface area contributed by atoms with Gasteiger partial charge in [-0.2, -0.15) is 4.31 Å². The third-order valence-electron chi connectivity index (χ3n) is 4.46. The predicted octanol–water partition coefficient (Wildman–Crippen LogP) is 3.29. The lowest BCUT2D eigenvalue weighted by Crippen LogP contribution is -2.41. The number of carbonyl (C=O) groups excluding carboxylic acids is 1. The first-order valence-electron chi connectivity index (χ1n) is 8.67. The molecule has 28 heavy (non-hydrogen) atoms. The van der Waals surface area contributed by atoms with E-state index in [1.54, 1.807) is 37.4 Å². The largest absolute Gasteiger partial charge is 0.379 e. The van der Waals surface area contributed by atoms with Crippen molar-refractivity contribution in [1.82, 2.24) is 9.21 Å². The molecule has 9 heteroatoms. The fraction of sp³-hybridized carbons (Fsp3) is 0.316. The smallest absolute Gasteiger partial charge is 0.255 e. The van der Waals surface area contributed by atoms with E-state index in [-0.39, 0.29) is 30.1 Å². The number of halogens is 2. The summed E-state index contributed by atoms with van der Waals surface area (Å²) in [7, 11) is -2.18. The minimum absolute atomic E-state index is 0.00267. The van der Waals surface area contributed by atoms with Crippen LogP contribution in [0.15, 0.2) is 47.4 Å². The molecule has 6 nitrogen and oxygen atoms in total. The quantitative estimate of drug-likeness (QED) is 0.712. The van der Waals surface area contributed by atoms with Crippen molar-refractivity contribution in [3.05, 3.63) is 63.6 Å². The Morgan fingerprint density at radius 3 is 2.46 bits per heavy atom. The Balaban J connectivity index is 1.86. The second-order valence-electron chi connectivity index (χ2n) is 6.42. The summed E-state index contributed by atoms with van der Waals surface area (Å²) in [6.07, 6.45) is 0. The van der Waals surface area contributed by atoms with Crippen LogP contribution in [-0.4, -0.2) is 56.9 Å². The molecule has 0 saturated carbocycles. The van der Waals surface area contributed by atoms with Gasteiger partial charge in [-0.3, -0.25) is 4.79 Å². The van der Waals surface area contributed by atoms with Crippen molar-refractivity contribution in [2.45, 2.75) is 11.4 Å². The van der Waals surface area contributed by atoms with E-state index in [4.69, 9.17) is 27.9 Å². The van der Waals surface area contributed by atoms with Crippen molar-refractivity contribution in [3.63, 3.8) is 0 Å². The van der Waals surface area contributed by atoms with E-state index in [0.717, 1.165) is 5.56 Å². The topological polar surface area (TPSA) is 66.9 Å². The number of sulfonamides is 1. The van der Waals surface area contributed by atoms with Gasteiger partial charge in [0.25, 0.3) is 5.91 Å². The molecule has 1 aliphatic rings. The summed E-state index contributed by atoms with van der Waals surface area (Å²) in [5.41, 5.74) is 0.926. The van der Waals surface area contributed by atoms with Gasteiger partial charge in [-0.25, -0.2) is 8.42 Å². The van der Waals surface area contributed by atoms with E-state index in [0.29, 0.717) is 23.3 Å². The lowest BCUT2D eigenvalue weighted by atomic mass is 10.1. The standard InChI is InChI=1S/C19H20Cl2N2O4S/c1-22(13-14-6-7-16(20)17(21)12-14)19(24)15-4-2-3-5-18(15)28(25,26)23-8-10-27-11-9-23/h2-7,12H,8-11,13H2,1H3. The molecule has 1 aliphatic heterocycles. The van der Waals surface area contributed by atoms with Crippen LogP contribution in [0.3, 0.4) is 0 Å². The van der Waals surface area contributed by atoms with Crippen LogP contribution in [0.2, 0.25) is 10.0 Å². The second kappa shape index (κ2) is 8.80. The highest BCUT2D eigenvalue weighted by molar-refractivity contribution is 7.89. The Bertz CT molecular complexity index is 976. The SMILES string of the molecule is CN(Cc1ccc(Cl)c(Cl)c1)C(=O)c1ccccc1S(=O)(=O)N1CCOCC1. The highest BCUT2D eigenvalue weighted by atomic mass is 35.5. The summed E-state index contributed by atoms with van der Waals surface area (Å²) in [4.78, 5) is 14.5. The molecular weight excluding hydrogens is 423 g/mol. The molecule has 0 aromatic heterocycles.